The predicted octanol–water partition coefficient (Wildman–Crippen LogP) is 1.77. The van der Waals surface area contributed by atoms with Crippen molar-refractivity contribution in [1.29, 1.82) is 0 Å². The first-order chi connectivity index (χ1) is 12.2. The van der Waals surface area contributed by atoms with Gasteiger partial charge in [-0.15, -0.1) is 0 Å². The molecule has 3 fully saturated rings. The highest BCUT2D eigenvalue weighted by Gasteiger charge is 2.53. The molecule has 1 aliphatic heterocycles. The number of nitrogens with one attached hydrogen (secondary N) is 1. The van der Waals surface area contributed by atoms with E-state index in [2.05, 4.69) is 26.0 Å². The molecule has 8 heteroatoms. The normalized spacial score (nSPS) is 40.7. The zero-order chi connectivity index (χ0) is 19.1. The van der Waals surface area contributed by atoms with Gasteiger partial charge in [-0.2, -0.15) is 12.7 Å². The summed E-state index contributed by atoms with van der Waals surface area (Å²) in [7, 11) is -4.06. The molecule has 0 bridgehead atoms. The molecule has 2 N–H and O–H groups in total. The Kier molecular flexibility index (Phi) is 5.75. The van der Waals surface area contributed by atoms with E-state index in [1.807, 2.05) is 4.72 Å². The summed E-state index contributed by atoms with van der Waals surface area (Å²) in [5.74, 6) is -0.0170. The number of halogens is 1. The Balaban J connectivity index is 1.74. The molecule has 3 aliphatic rings. The van der Waals surface area contributed by atoms with E-state index >= 15 is 4.39 Å². The monoisotopic (exact) mass is 388 g/mol. The van der Waals surface area contributed by atoms with Gasteiger partial charge in [-0.25, -0.2) is 9.11 Å². The number of alkyl halides is 1. The molecular weight excluding hydrogens is 359 g/mol. The predicted molar refractivity (Wildman–Crippen MR) is 96.0 cm³/mol. The van der Waals surface area contributed by atoms with Crippen LogP contribution in [-0.2, 0) is 15.0 Å². The Morgan fingerprint density at radius 3 is 2.69 bits per heavy atom. The largest absolute Gasteiger partial charge is 0.391 e. The number of hydrogen-bond acceptors (Lipinski definition) is 4. The molecule has 0 aromatic carbocycles. The highest BCUT2D eigenvalue weighted by molar-refractivity contribution is 7.88. The van der Waals surface area contributed by atoms with Gasteiger partial charge in [0.05, 0.1) is 18.7 Å². The van der Waals surface area contributed by atoms with Crippen molar-refractivity contribution in [3.05, 3.63) is 12.2 Å². The van der Waals surface area contributed by atoms with Crippen molar-refractivity contribution in [2.75, 3.05) is 6.54 Å². The Bertz CT molecular complexity index is 666. The van der Waals surface area contributed by atoms with Crippen LogP contribution in [-0.4, -0.2) is 48.6 Å². The highest BCUT2D eigenvalue weighted by Crippen LogP contribution is 2.46. The number of amides is 1. The second-order valence-corrected chi connectivity index (χ2v) is 9.99. The zero-order valence-corrected chi connectivity index (χ0v) is 16.2. The van der Waals surface area contributed by atoms with Crippen molar-refractivity contribution in [1.82, 2.24) is 9.03 Å². The fraction of sp³-hybridized carbons (Fsp3) is 0.833. The van der Waals surface area contributed by atoms with Crippen molar-refractivity contribution < 1.29 is 22.7 Å². The molecule has 0 aromatic heterocycles. The first-order valence-electron chi connectivity index (χ1n) is 9.50. The second kappa shape index (κ2) is 7.56. The first kappa shape index (κ1) is 19.8. The number of hydrogen-bond donors (Lipinski definition) is 2. The molecule has 1 heterocycles. The number of nitrogens with zero attached hydrogens (tertiary/aromatic N) is 1. The lowest BCUT2D eigenvalue weighted by molar-refractivity contribution is -0.119. The Morgan fingerprint density at radius 2 is 2.08 bits per heavy atom. The van der Waals surface area contributed by atoms with E-state index in [1.54, 1.807) is 0 Å². The van der Waals surface area contributed by atoms with Crippen LogP contribution < -0.4 is 4.72 Å². The van der Waals surface area contributed by atoms with Gasteiger partial charge in [0.2, 0.25) is 5.91 Å². The standard InChI is InChI=1S/C18H29FN2O4S/c1-11(2)4-3-5-12-6-7-13-9-15(22)18(17(19)14(13)8-12)21-10-16(23)20-26(21,24)25/h3,5,11-15,17-18,22H,4,6-10H2,1-2H3,(H,20,23)/b5-3+. The number of fused-ring (bicyclic) bond motifs is 1. The Morgan fingerprint density at radius 1 is 1.35 bits per heavy atom. The second-order valence-electron chi connectivity index (χ2n) is 8.37. The van der Waals surface area contributed by atoms with Crippen LogP contribution in [0.2, 0.25) is 0 Å². The number of carbonyl (C=O) groups excluding carboxylic acids is 1. The maximum absolute atomic E-state index is 15.4. The van der Waals surface area contributed by atoms with Gasteiger partial charge in [0.25, 0.3) is 0 Å². The van der Waals surface area contributed by atoms with Gasteiger partial charge in [-0.3, -0.25) is 4.79 Å². The molecule has 6 unspecified atom stereocenters. The van der Waals surface area contributed by atoms with Gasteiger partial charge in [0.1, 0.15) is 6.17 Å². The van der Waals surface area contributed by atoms with E-state index in [0.29, 0.717) is 24.7 Å². The summed E-state index contributed by atoms with van der Waals surface area (Å²) < 4.78 is 42.2. The molecule has 1 saturated heterocycles. The van der Waals surface area contributed by atoms with Crippen LogP contribution in [0.4, 0.5) is 4.39 Å². The topological polar surface area (TPSA) is 86.7 Å². The third-order valence-electron chi connectivity index (χ3n) is 5.96. The number of allylic oxidation sites excluding steroid dienone is 2. The smallest absolute Gasteiger partial charge is 0.304 e. The van der Waals surface area contributed by atoms with Crippen LogP contribution in [0.15, 0.2) is 12.2 Å². The van der Waals surface area contributed by atoms with Crippen molar-refractivity contribution >= 4 is 16.1 Å². The van der Waals surface area contributed by atoms with Crippen LogP contribution in [0.5, 0.6) is 0 Å². The highest BCUT2D eigenvalue weighted by atomic mass is 32.2. The average molecular weight is 389 g/mol. The van der Waals surface area contributed by atoms with Crippen molar-refractivity contribution in [2.45, 2.75) is 64.3 Å². The lowest BCUT2D eigenvalue weighted by Crippen LogP contribution is -2.58. The van der Waals surface area contributed by atoms with Crippen LogP contribution in [0, 0.1) is 23.7 Å². The van der Waals surface area contributed by atoms with E-state index in [4.69, 9.17) is 0 Å². The molecule has 6 atom stereocenters. The minimum atomic E-state index is -4.06. The van der Waals surface area contributed by atoms with Crippen molar-refractivity contribution in [3.63, 3.8) is 0 Å². The summed E-state index contributed by atoms with van der Waals surface area (Å²) in [6, 6.07) is -1.18. The lowest BCUT2D eigenvalue weighted by atomic mass is 9.64. The van der Waals surface area contributed by atoms with Crippen LogP contribution >= 0.6 is 0 Å². The maximum Gasteiger partial charge on any atom is 0.304 e. The number of aliphatic hydroxyl groups is 1. The lowest BCUT2D eigenvalue weighted by Gasteiger charge is -2.47. The minimum absolute atomic E-state index is 0.0694. The van der Waals surface area contributed by atoms with Gasteiger partial charge in [0, 0.05) is 0 Å². The molecule has 26 heavy (non-hydrogen) atoms. The molecule has 2 saturated carbocycles. The fourth-order valence-corrected chi connectivity index (χ4v) is 6.03. The van der Waals surface area contributed by atoms with E-state index in [0.717, 1.165) is 23.6 Å². The average Bonchev–Trinajstić information content (AvgIpc) is 2.80. The van der Waals surface area contributed by atoms with Crippen molar-refractivity contribution in [3.8, 4) is 0 Å². The van der Waals surface area contributed by atoms with Crippen LogP contribution in [0.3, 0.4) is 0 Å². The summed E-state index contributed by atoms with van der Waals surface area (Å²) in [6.07, 6.45) is 5.64. The molecule has 0 radical (unpaired) electrons. The quantitative estimate of drug-likeness (QED) is 0.719. The fourth-order valence-electron chi connectivity index (χ4n) is 4.70. The molecule has 0 aromatic rings. The maximum atomic E-state index is 15.4. The van der Waals surface area contributed by atoms with Gasteiger partial charge in [-0.05, 0) is 55.8 Å². The van der Waals surface area contributed by atoms with Crippen molar-refractivity contribution in [2.24, 2.45) is 23.7 Å². The molecule has 1 amide bonds. The van der Waals surface area contributed by atoms with Crippen LogP contribution in [0.1, 0.15) is 46.0 Å². The molecular formula is C18H29FN2O4S. The van der Waals surface area contributed by atoms with Crippen LogP contribution in [0.25, 0.3) is 0 Å². The molecule has 6 nitrogen and oxygen atoms in total. The zero-order valence-electron chi connectivity index (χ0n) is 15.3. The summed E-state index contributed by atoms with van der Waals surface area (Å²) in [6.45, 7) is 3.88. The number of rotatable bonds is 4. The molecule has 2 aliphatic carbocycles. The third-order valence-corrected chi connectivity index (χ3v) is 7.44. The molecule has 0 spiro atoms. The van der Waals surface area contributed by atoms with Gasteiger partial charge in [0.15, 0.2) is 0 Å². The number of carbonyl (C=O) groups is 1. The Labute approximate surface area is 155 Å². The summed E-state index contributed by atoms with van der Waals surface area (Å²) in [5, 5.41) is 10.4. The summed E-state index contributed by atoms with van der Waals surface area (Å²) >= 11 is 0. The third kappa shape index (κ3) is 3.97. The Hall–Kier alpha value is -0.990. The van der Waals surface area contributed by atoms with Gasteiger partial charge in [-0.1, -0.05) is 26.0 Å². The molecule has 3 rings (SSSR count). The van der Waals surface area contributed by atoms with E-state index in [-0.39, 0.29) is 11.8 Å². The summed E-state index contributed by atoms with van der Waals surface area (Å²) in [5.41, 5.74) is 0. The molecule has 148 valence electrons. The minimum Gasteiger partial charge on any atom is -0.391 e. The SMILES string of the molecule is CC(C)C/C=C/C1CCC2CC(O)C(N3CC(=O)NS3(=O)=O)C(F)C2C1. The first-order valence-corrected chi connectivity index (χ1v) is 10.9. The van der Waals surface area contributed by atoms with E-state index in [1.165, 1.54) is 0 Å². The van der Waals surface area contributed by atoms with Gasteiger partial charge < -0.3 is 5.11 Å². The summed E-state index contributed by atoms with van der Waals surface area (Å²) in [4.78, 5) is 11.5. The van der Waals surface area contributed by atoms with E-state index in [9.17, 15) is 18.3 Å². The van der Waals surface area contributed by atoms with Gasteiger partial charge >= 0.3 is 10.2 Å². The van der Waals surface area contributed by atoms with E-state index < -0.39 is 41.0 Å². The number of aliphatic hydroxyl groups excluding tert-OH is 1.